The number of non-ortho nitro benzene ring substituents is 1. The summed E-state index contributed by atoms with van der Waals surface area (Å²) in [6, 6.07) is 7.75. The highest BCUT2D eigenvalue weighted by Gasteiger charge is 2.17. The molecule has 0 amide bonds. The Bertz CT molecular complexity index is 411. The van der Waals surface area contributed by atoms with Gasteiger partial charge in [-0.3, -0.25) is 10.1 Å². The van der Waals surface area contributed by atoms with E-state index in [1.54, 1.807) is 12.1 Å². The summed E-state index contributed by atoms with van der Waals surface area (Å²) >= 11 is 0. The molecule has 1 aromatic rings. The van der Waals surface area contributed by atoms with Crippen LogP contribution in [-0.2, 0) is 6.42 Å². The Hall–Kier alpha value is -1.46. The van der Waals surface area contributed by atoms with Crippen LogP contribution in [0.4, 0.5) is 5.69 Å². The van der Waals surface area contributed by atoms with Crippen LogP contribution in [0.1, 0.15) is 31.2 Å². The summed E-state index contributed by atoms with van der Waals surface area (Å²) in [5.74, 6) is 0. The molecule has 0 atom stereocenters. The van der Waals surface area contributed by atoms with Crippen molar-refractivity contribution in [2.75, 3.05) is 6.54 Å². The molecule has 1 saturated carbocycles. The summed E-state index contributed by atoms with van der Waals surface area (Å²) in [6.07, 6.45) is 5.42. The molecule has 104 valence electrons. The van der Waals surface area contributed by atoms with Crippen molar-refractivity contribution in [3.8, 4) is 0 Å². The van der Waals surface area contributed by atoms with Crippen molar-refractivity contribution in [1.82, 2.24) is 5.32 Å². The molecule has 1 fully saturated rings. The van der Waals surface area contributed by atoms with E-state index in [9.17, 15) is 10.1 Å². The van der Waals surface area contributed by atoms with E-state index in [2.05, 4.69) is 5.32 Å². The number of nitro groups is 1. The van der Waals surface area contributed by atoms with Gasteiger partial charge in [0.1, 0.15) is 0 Å². The number of nitrogens with zero attached hydrogens (tertiary/aromatic N) is 1. The number of nitrogens with two attached hydrogens (primary N) is 1. The molecule has 0 aromatic heterocycles. The topological polar surface area (TPSA) is 81.2 Å². The van der Waals surface area contributed by atoms with Crippen molar-refractivity contribution in [3.63, 3.8) is 0 Å². The Balaban J connectivity index is 1.72. The molecule has 0 spiro atoms. The van der Waals surface area contributed by atoms with Gasteiger partial charge in [0.05, 0.1) is 4.92 Å². The average Bonchev–Trinajstić information content (AvgIpc) is 2.41. The highest BCUT2D eigenvalue weighted by Crippen LogP contribution is 2.17. The monoisotopic (exact) mass is 263 g/mol. The van der Waals surface area contributed by atoms with Gasteiger partial charge in [-0.05, 0) is 44.2 Å². The molecule has 1 aromatic carbocycles. The molecule has 0 heterocycles. The molecule has 5 heteroatoms. The highest BCUT2D eigenvalue weighted by molar-refractivity contribution is 5.32. The fraction of sp³-hybridized carbons (Fsp3) is 0.571. The van der Waals surface area contributed by atoms with Gasteiger partial charge in [-0.1, -0.05) is 12.1 Å². The van der Waals surface area contributed by atoms with Crippen molar-refractivity contribution in [3.05, 3.63) is 39.9 Å². The zero-order valence-electron chi connectivity index (χ0n) is 11.0. The minimum absolute atomic E-state index is 0.151. The number of benzene rings is 1. The van der Waals surface area contributed by atoms with Crippen LogP contribution >= 0.6 is 0 Å². The maximum Gasteiger partial charge on any atom is 0.269 e. The summed E-state index contributed by atoms with van der Waals surface area (Å²) in [5, 5.41) is 14.1. The van der Waals surface area contributed by atoms with E-state index in [0.717, 1.165) is 44.2 Å². The largest absolute Gasteiger partial charge is 0.328 e. The number of hydrogen-bond acceptors (Lipinski definition) is 4. The molecule has 0 radical (unpaired) electrons. The first-order valence-corrected chi connectivity index (χ1v) is 6.87. The standard InChI is InChI=1S/C14H21N3O2/c15-12-3-5-13(6-4-12)16-10-9-11-1-7-14(8-2-11)17(18)19/h1-2,7-8,12-13,16H,3-6,9-10,15H2. The Kier molecular flexibility index (Phi) is 4.87. The summed E-state index contributed by atoms with van der Waals surface area (Å²) < 4.78 is 0. The van der Waals surface area contributed by atoms with Gasteiger partial charge < -0.3 is 11.1 Å². The predicted octanol–water partition coefficient (Wildman–Crippen LogP) is 2.00. The second kappa shape index (κ2) is 6.63. The second-order valence-corrected chi connectivity index (χ2v) is 5.24. The van der Waals surface area contributed by atoms with Crippen LogP contribution in [-0.4, -0.2) is 23.6 Å². The summed E-state index contributed by atoms with van der Waals surface area (Å²) in [7, 11) is 0. The van der Waals surface area contributed by atoms with Gasteiger partial charge in [-0.2, -0.15) is 0 Å². The van der Waals surface area contributed by atoms with Crippen LogP contribution in [0.25, 0.3) is 0 Å². The molecule has 1 aliphatic carbocycles. The summed E-state index contributed by atoms with van der Waals surface area (Å²) in [6.45, 7) is 0.914. The molecule has 2 rings (SSSR count). The third-order valence-electron chi connectivity index (χ3n) is 3.77. The summed E-state index contributed by atoms with van der Waals surface area (Å²) in [4.78, 5) is 10.2. The van der Waals surface area contributed by atoms with Gasteiger partial charge in [0.2, 0.25) is 0 Å². The zero-order valence-corrected chi connectivity index (χ0v) is 11.0. The van der Waals surface area contributed by atoms with Gasteiger partial charge in [-0.25, -0.2) is 0 Å². The van der Waals surface area contributed by atoms with Gasteiger partial charge in [-0.15, -0.1) is 0 Å². The molecular weight excluding hydrogens is 242 g/mol. The number of nitro benzene ring substituents is 1. The first kappa shape index (κ1) is 14.0. The Morgan fingerprint density at radius 1 is 1.21 bits per heavy atom. The van der Waals surface area contributed by atoms with Crippen LogP contribution < -0.4 is 11.1 Å². The minimum Gasteiger partial charge on any atom is -0.328 e. The van der Waals surface area contributed by atoms with Crippen LogP contribution in [0.5, 0.6) is 0 Å². The molecule has 0 bridgehead atoms. The van der Waals surface area contributed by atoms with E-state index < -0.39 is 0 Å². The lowest BCUT2D eigenvalue weighted by molar-refractivity contribution is -0.384. The van der Waals surface area contributed by atoms with E-state index in [0.29, 0.717) is 12.1 Å². The molecular formula is C14H21N3O2. The maximum atomic E-state index is 10.5. The van der Waals surface area contributed by atoms with Crippen molar-refractivity contribution in [2.24, 2.45) is 5.73 Å². The Morgan fingerprint density at radius 3 is 2.42 bits per heavy atom. The van der Waals surface area contributed by atoms with E-state index in [-0.39, 0.29) is 10.6 Å². The minimum atomic E-state index is -0.368. The fourth-order valence-corrected chi connectivity index (χ4v) is 2.53. The zero-order chi connectivity index (χ0) is 13.7. The predicted molar refractivity (Wildman–Crippen MR) is 75.0 cm³/mol. The van der Waals surface area contributed by atoms with E-state index in [1.165, 1.54) is 0 Å². The van der Waals surface area contributed by atoms with Crippen molar-refractivity contribution < 1.29 is 4.92 Å². The number of hydrogen-bond donors (Lipinski definition) is 2. The average molecular weight is 263 g/mol. The van der Waals surface area contributed by atoms with Gasteiger partial charge in [0, 0.05) is 24.2 Å². The Labute approximate surface area is 113 Å². The van der Waals surface area contributed by atoms with Crippen molar-refractivity contribution in [1.29, 1.82) is 0 Å². The third kappa shape index (κ3) is 4.29. The molecule has 19 heavy (non-hydrogen) atoms. The van der Waals surface area contributed by atoms with Crippen LogP contribution in [0, 0.1) is 10.1 Å². The van der Waals surface area contributed by atoms with Crippen LogP contribution in [0.15, 0.2) is 24.3 Å². The normalized spacial score (nSPS) is 23.2. The van der Waals surface area contributed by atoms with E-state index >= 15 is 0 Å². The molecule has 0 saturated heterocycles. The van der Waals surface area contributed by atoms with Crippen molar-refractivity contribution in [2.45, 2.75) is 44.2 Å². The van der Waals surface area contributed by atoms with Crippen LogP contribution in [0.2, 0.25) is 0 Å². The van der Waals surface area contributed by atoms with Crippen LogP contribution in [0.3, 0.4) is 0 Å². The lowest BCUT2D eigenvalue weighted by Gasteiger charge is -2.26. The van der Waals surface area contributed by atoms with Gasteiger partial charge in [0.25, 0.3) is 5.69 Å². The number of rotatable bonds is 5. The van der Waals surface area contributed by atoms with E-state index in [4.69, 9.17) is 5.73 Å². The van der Waals surface area contributed by atoms with Crippen molar-refractivity contribution >= 4 is 5.69 Å². The quantitative estimate of drug-likeness (QED) is 0.629. The molecule has 0 aliphatic heterocycles. The molecule has 1 aliphatic rings. The maximum absolute atomic E-state index is 10.5. The molecule has 3 N–H and O–H groups in total. The fourth-order valence-electron chi connectivity index (χ4n) is 2.53. The van der Waals surface area contributed by atoms with E-state index in [1.807, 2.05) is 12.1 Å². The number of nitrogens with one attached hydrogen (secondary N) is 1. The first-order chi connectivity index (χ1) is 9.15. The smallest absolute Gasteiger partial charge is 0.269 e. The lowest BCUT2D eigenvalue weighted by atomic mass is 9.92. The highest BCUT2D eigenvalue weighted by atomic mass is 16.6. The second-order valence-electron chi connectivity index (χ2n) is 5.24. The SMILES string of the molecule is NC1CCC(NCCc2ccc([N+](=O)[O-])cc2)CC1. The summed E-state index contributed by atoms with van der Waals surface area (Å²) in [5.41, 5.74) is 7.15. The Morgan fingerprint density at radius 2 is 1.84 bits per heavy atom. The van der Waals surface area contributed by atoms with Gasteiger partial charge in [0.15, 0.2) is 0 Å². The first-order valence-electron chi connectivity index (χ1n) is 6.87. The lowest BCUT2D eigenvalue weighted by Crippen LogP contribution is -2.38. The third-order valence-corrected chi connectivity index (χ3v) is 3.77. The molecule has 5 nitrogen and oxygen atoms in total. The molecule has 0 unspecified atom stereocenters. The van der Waals surface area contributed by atoms with Gasteiger partial charge >= 0.3 is 0 Å².